The Morgan fingerprint density at radius 2 is 0.526 bits per heavy atom. The molecule has 0 aliphatic carbocycles. The van der Waals surface area contributed by atoms with E-state index in [0.29, 0.717) is 0 Å². The molecule has 1 aromatic heterocycles. The predicted octanol–water partition coefficient (Wildman–Crippen LogP) is 3.17. The maximum atomic E-state index is 2.77. The van der Waals surface area contributed by atoms with Crippen LogP contribution in [0.15, 0.2) is 0 Å². The second-order valence-corrected chi connectivity index (χ2v) is 4.01. The van der Waals surface area contributed by atoms with Gasteiger partial charge in [0.15, 0.2) is 0 Å². The molecule has 0 saturated carbocycles. The molecule has 3 heteroatoms. The molecule has 0 radical (unpaired) electrons. The first-order valence-corrected chi connectivity index (χ1v) is 6.92. The Morgan fingerprint density at radius 3 is 0.895 bits per heavy atom. The van der Waals surface area contributed by atoms with Gasteiger partial charge in [0.25, 0.3) is 0 Å². The second kappa shape index (κ2) is 11.6. The van der Waals surface area contributed by atoms with Gasteiger partial charge in [0.1, 0.15) is 0 Å². The fourth-order valence-electron chi connectivity index (χ4n) is 0.512. The van der Waals surface area contributed by atoms with E-state index < -0.39 is 0 Å². The molecule has 0 aliphatic heterocycles. The highest BCUT2D eigenvalue weighted by molar-refractivity contribution is 7.09. The van der Waals surface area contributed by atoms with Crippen LogP contribution in [0.3, 0.4) is 0 Å². The molecule has 0 unspecified atom stereocenters. The van der Waals surface area contributed by atoms with Crippen LogP contribution in [0, 0.1) is 92.9 Å². The Hall–Kier alpha value is -2.86. The minimum Gasteiger partial charge on any atom is -0.0299 e. The Labute approximate surface area is 127 Å². The van der Waals surface area contributed by atoms with E-state index in [-0.39, 0.29) is 0 Å². The molecule has 0 N–H and O–H groups in total. The summed E-state index contributed by atoms with van der Waals surface area (Å²) < 4.78 is 0. The molecule has 19 heavy (non-hydrogen) atoms. The average Bonchev–Trinajstić information content (AvgIpc) is 2.43. The zero-order valence-electron chi connectivity index (χ0n) is 9.22. The first-order chi connectivity index (χ1) is 9.50. The summed E-state index contributed by atoms with van der Waals surface area (Å²) in [6.07, 6.45) is 0. The minimum absolute atomic E-state index is 1.16. The van der Waals surface area contributed by atoms with Crippen molar-refractivity contribution in [1.82, 2.24) is 0 Å². The summed E-state index contributed by atoms with van der Waals surface area (Å²) in [4.78, 5) is 0. The van der Waals surface area contributed by atoms with Gasteiger partial charge in [-0.2, -0.15) is 0 Å². The molecule has 1 heterocycles. The van der Waals surface area contributed by atoms with E-state index in [9.17, 15) is 0 Å². The van der Waals surface area contributed by atoms with Gasteiger partial charge in [-0.15, -0.1) is 0 Å². The van der Waals surface area contributed by atoms with Crippen molar-refractivity contribution in [3.8, 4) is 0 Å². The van der Waals surface area contributed by atoms with E-state index in [0.717, 1.165) is 22.7 Å². The molecule has 82 valence electrons. The molecule has 0 saturated heterocycles. The molecular weight excluding hydrogens is 288 g/mol. The monoisotopic (exact) mass is 288 g/mol. The van der Waals surface area contributed by atoms with Gasteiger partial charge in [-0.1, -0.05) is 0 Å². The quantitative estimate of drug-likeness (QED) is 0.688. The van der Waals surface area contributed by atoms with Gasteiger partial charge < -0.3 is 0 Å². The van der Waals surface area contributed by atoms with Crippen molar-refractivity contribution in [2.45, 2.75) is 0 Å². The number of hydrogen-bond acceptors (Lipinski definition) is 3. The lowest BCUT2D eigenvalue weighted by molar-refractivity contribution is 1.89. The lowest BCUT2D eigenvalue weighted by Crippen LogP contribution is -1.28. The normalized spacial score (nSPS) is 4.63. The molecule has 0 aliphatic rings. The van der Waals surface area contributed by atoms with Gasteiger partial charge in [0.2, 0.25) is 0 Å². The standard InChI is InChI=1S/C16S3/c1-2-4-6-8-10-12-18-14-16-19-15-13-17-11-9-7-5-3-1. The van der Waals surface area contributed by atoms with Gasteiger partial charge in [-0.05, 0) is 34.0 Å². The number of rotatable bonds is 0. The van der Waals surface area contributed by atoms with Crippen molar-refractivity contribution < 1.29 is 0 Å². The summed E-state index contributed by atoms with van der Waals surface area (Å²) in [6.45, 7) is 0. The predicted molar refractivity (Wildman–Crippen MR) is 72.0 cm³/mol. The fraction of sp³-hybridized carbons (Fsp3) is 0. The third-order valence-electron chi connectivity index (χ3n) is 1.05. The van der Waals surface area contributed by atoms with Crippen LogP contribution in [-0.4, -0.2) is 0 Å². The SMILES string of the molecule is c1c#cc#cc#csc#csc#csc#cc#cc#1. The molecule has 0 spiro atoms. The van der Waals surface area contributed by atoms with Crippen molar-refractivity contribution >= 4 is 34.0 Å². The van der Waals surface area contributed by atoms with Crippen LogP contribution < -0.4 is 0 Å². The van der Waals surface area contributed by atoms with E-state index >= 15 is 0 Å². The highest BCUT2D eigenvalue weighted by Gasteiger charge is 1.46. The Balaban J connectivity index is 3.01. The summed E-state index contributed by atoms with van der Waals surface area (Å²) in [5.74, 6) is 0. The minimum atomic E-state index is 1.16. The zero-order chi connectivity index (χ0) is 13.4. The van der Waals surface area contributed by atoms with Crippen LogP contribution in [0.25, 0.3) is 0 Å². The molecule has 0 aromatic carbocycles. The van der Waals surface area contributed by atoms with E-state index in [1.165, 1.54) is 11.3 Å². The summed E-state index contributed by atoms with van der Waals surface area (Å²) >= 11 is 3.49. The zero-order valence-corrected chi connectivity index (χ0v) is 11.7. The third-order valence-corrected chi connectivity index (χ3v) is 2.54. The molecule has 0 amide bonds. The lowest BCUT2D eigenvalue weighted by Gasteiger charge is -1.45. The molecular formula is C16S3. The first-order valence-electron chi connectivity index (χ1n) is 4.47. The first kappa shape index (κ1) is 14.2. The maximum absolute atomic E-state index is 2.77. The smallest absolute Gasteiger partial charge is 0.0148 e. The second-order valence-electron chi connectivity index (χ2n) is 2.17. The van der Waals surface area contributed by atoms with Crippen molar-refractivity contribution in [2.24, 2.45) is 0 Å². The Kier molecular flexibility index (Phi) is 8.69. The average molecular weight is 288 g/mol. The van der Waals surface area contributed by atoms with Crippen LogP contribution in [0.5, 0.6) is 0 Å². The van der Waals surface area contributed by atoms with Crippen LogP contribution in [0.1, 0.15) is 0 Å². The van der Waals surface area contributed by atoms with Crippen molar-refractivity contribution in [1.29, 1.82) is 0 Å². The molecule has 0 atom stereocenters. The Bertz CT molecular complexity index is 323. The Morgan fingerprint density at radius 1 is 0.263 bits per heavy atom. The summed E-state index contributed by atoms with van der Waals surface area (Å²) in [7, 11) is 0. The molecule has 1 aromatic rings. The number of hydrogen-bond donors (Lipinski definition) is 0. The van der Waals surface area contributed by atoms with E-state index in [1.807, 2.05) is 0 Å². The fourth-order valence-corrected chi connectivity index (χ4v) is 1.54. The van der Waals surface area contributed by atoms with Gasteiger partial charge in [0.05, 0.1) is 0 Å². The van der Waals surface area contributed by atoms with Gasteiger partial charge >= 0.3 is 0 Å². The van der Waals surface area contributed by atoms with E-state index in [4.69, 9.17) is 0 Å². The van der Waals surface area contributed by atoms with Crippen LogP contribution in [0.2, 0.25) is 0 Å². The van der Waals surface area contributed by atoms with Crippen molar-refractivity contribution in [3.63, 3.8) is 0 Å². The molecule has 1 rings (SSSR count). The molecule has 0 bridgehead atoms. The van der Waals surface area contributed by atoms with E-state index in [2.05, 4.69) is 92.9 Å². The maximum Gasteiger partial charge on any atom is 0.0148 e. The largest absolute Gasteiger partial charge is 0.0299 e. The summed E-state index contributed by atoms with van der Waals surface area (Å²) in [5, 5.41) is 16.5. The van der Waals surface area contributed by atoms with Crippen molar-refractivity contribution in [2.75, 3.05) is 0 Å². The van der Waals surface area contributed by atoms with Crippen LogP contribution >= 0.6 is 34.0 Å². The van der Waals surface area contributed by atoms with Gasteiger partial charge in [0, 0.05) is 92.9 Å². The van der Waals surface area contributed by atoms with Crippen molar-refractivity contribution in [3.05, 3.63) is 92.9 Å². The lowest BCUT2D eigenvalue weighted by atomic mass is 10.7. The summed E-state index contributed by atoms with van der Waals surface area (Å²) in [6, 6.07) is 25.5. The topological polar surface area (TPSA) is 0 Å². The van der Waals surface area contributed by atoms with Gasteiger partial charge in [-0.3, -0.25) is 0 Å². The van der Waals surface area contributed by atoms with Gasteiger partial charge in [-0.25, -0.2) is 0 Å². The summed E-state index contributed by atoms with van der Waals surface area (Å²) in [5.41, 5.74) is 0. The molecule has 0 nitrogen and oxygen atoms in total. The van der Waals surface area contributed by atoms with Crippen LogP contribution in [0.4, 0.5) is 0 Å². The van der Waals surface area contributed by atoms with E-state index in [1.54, 1.807) is 0 Å². The third kappa shape index (κ3) is 10.0. The highest BCUT2D eigenvalue weighted by atomic mass is 32.1. The van der Waals surface area contributed by atoms with Crippen LogP contribution in [-0.2, 0) is 0 Å². The highest BCUT2D eigenvalue weighted by Crippen LogP contribution is 1.77. The molecule has 0 fully saturated rings.